The summed E-state index contributed by atoms with van der Waals surface area (Å²) >= 11 is 0.871. The Morgan fingerprint density at radius 3 is 2.41 bits per heavy atom. The summed E-state index contributed by atoms with van der Waals surface area (Å²) in [5.74, 6) is -0.659. The van der Waals surface area contributed by atoms with E-state index < -0.39 is 54.6 Å². The molecule has 0 saturated carbocycles. The summed E-state index contributed by atoms with van der Waals surface area (Å²) in [6, 6.07) is 5.77. The van der Waals surface area contributed by atoms with E-state index in [1.54, 1.807) is 0 Å². The lowest BCUT2D eigenvalue weighted by Crippen LogP contribution is -2.33. The van der Waals surface area contributed by atoms with Gasteiger partial charge in [-0.3, -0.25) is 13.9 Å². The van der Waals surface area contributed by atoms with Crippen molar-refractivity contribution in [2.24, 2.45) is 5.11 Å². The molecule has 26 heteroatoms. The minimum absolute atomic E-state index is 0.0101. The fourth-order valence-electron chi connectivity index (χ4n) is 3.77. The summed E-state index contributed by atoms with van der Waals surface area (Å²) in [6.45, 7) is -1.06. The van der Waals surface area contributed by atoms with E-state index in [2.05, 4.69) is 38.1 Å². The number of ether oxygens (including phenoxy) is 1. The van der Waals surface area contributed by atoms with Gasteiger partial charge in [0.2, 0.25) is 0 Å². The van der Waals surface area contributed by atoms with Crippen LogP contribution in [0.15, 0.2) is 40.9 Å². The van der Waals surface area contributed by atoms with E-state index in [9.17, 15) is 38.5 Å². The van der Waals surface area contributed by atoms with E-state index in [4.69, 9.17) is 25.8 Å². The van der Waals surface area contributed by atoms with Crippen LogP contribution in [-0.2, 0) is 31.6 Å². The number of phosphoric ester groups is 1. The van der Waals surface area contributed by atoms with E-state index in [1.807, 2.05) is 0 Å². The number of aromatic nitrogens is 4. The van der Waals surface area contributed by atoms with Crippen LogP contribution >= 0.6 is 35.2 Å². The molecule has 1 aliphatic rings. The Labute approximate surface area is 248 Å². The molecule has 1 fully saturated rings. The number of hydrogen-bond donors (Lipinski definition) is 7. The number of Topliss-reactive ketones (excluding diaryl/α,β-unsaturated/α-hetero) is 1. The van der Waals surface area contributed by atoms with Crippen molar-refractivity contribution in [3.8, 4) is 0 Å². The lowest BCUT2D eigenvalue weighted by molar-refractivity contribution is -0.0540. The number of rotatable bonds is 13. The van der Waals surface area contributed by atoms with Crippen LogP contribution < -0.4 is 5.73 Å². The van der Waals surface area contributed by atoms with Crippen LogP contribution in [0.3, 0.4) is 0 Å². The maximum Gasteiger partial charge on any atom is 0.490 e. The maximum absolute atomic E-state index is 12.8. The average molecular weight is 698 g/mol. The quantitative estimate of drug-likeness (QED) is 0.0330. The molecule has 0 amide bonds. The number of carbonyl (C=O) groups excluding carboxylic acids is 1. The maximum atomic E-state index is 12.8. The number of nitrogens with zero attached hydrogens (tertiary/aromatic N) is 7. The van der Waals surface area contributed by atoms with Gasteiger partial charge in [0.15, 0.2) is 34.1 Å². The van der Waals surface area contributed by atoms with Crippen LogP contribution in [0.4, 0.5) is 11.5 Å². The first-order chi connectivity index (χ1) is 20.5. The highest BCUT2D eigenvalue weighted by molar-refractivity contribution is 7.99. The fourth-order valence-corrected chi connectivity index (χ4v) is 7.71. The van der Waals surface area contributed by atoms with Gasteiger partial charge in [-0.1, -0.05) is 41.1 Å². The third kappa shape index (κ3) is 8.26. The molecule has 1 saturated heterocycles. The monoisotopic (exact) mass is 698 g/mol. The van der Waals surface area contributed by atoms with Crippen molar-refractivity contribution in [2.45, 2.75) is 29.7 Å². The van der Waals surface area contributed by atoms with Gasteiger partial charge in [-0.25, -0.2) is 28.6 Å². The Morgan fingerprint density at radius 2 is 1.77 bits per heavy atom. The molecular weight excluding hydrogens is 677 g/mol. The summed E-state index contributed by atoms with van der Waals surface area (Å²) in [5.41, 5.74) is 15.1. The molecule has 6 atom stereocenters. The molecule has 1 aliphatic heterocycles. The summed E-state index contributed by atoms with van der Waals surface area (Å²) in [7, 11) is -17.0. The van der Waals surface area contributed by atoms with Crippen LogP contribution in [-0.4, -0.2) is 85.8 Å². The van der Waals surface area contributed by atoms with Gasteiger partial charge in [-0.15, -0.1) is 0 Å². The zero-order valence-electron chi connectivity index (χ0n) is 21.5. The van der Waals surface area contributed by atoms with E-state index in [0.717, 1.165) is 18.1 Å². The molecule has 3 aromatic rings. The topological polar surface area (TPSA) is 345 Å². The molecule has 22 nitrogen and oxygen atoms in total. The highest BCUT2D eigenvalue weighted by Crippen LogP contribution is 2.66. The highest BCUT2D eigenvalue weighted by atomic mass is 32.2. The second-order valence-corrected chi connectivity index (χ2v) is 13.9. The number of thioether (sulfide) groups is 1. The molecule has 0 radical (unpaired) electrons. The Morgan fingerprint density at radius 1 is 1.09 bits per heavy atom. The SMILES string of the molecule is [N-]=[N+]=Nc1ccc(C(=O)CSc2nc3c(N)ncnc3n2[C@@H]2O[C@H](COP(=O)(O)OP(=O)(O)OP(=O)(O)O)[C@@H](O)[C@H]2O)cc1. The molecular formula is C18H21N8O14P3S. The zero-order valence-corrected chi connectivity index (χ0v) is 25.0. The lowest BCUT2D eigenvalue weighted by Gasteiger charge is -2.19. The molecule has 8 N–H and O–H groups in total. The second-order valence-electron chi connectivity index (χ2n) is 8.58. The molecule has 2 aromatic heterocycles. The van der Waals surface area contributed by atoms with Gasteiger partial charge < -0.3 is 40.3 Å². The van der Waals surface area contributed by atoms with Gasteiger partial charge in [-0.05, 0) is 5.53 Å². The van der Waals surface area contributed by atoms with Crippen LogP contribution in [0.25, 0.3) is 21.6 Å². The number of anilines is 1. The number of fused-ring (bicyclic) bond motifs is 1. The fraction of sp³-hybridized carbons (Fsp3) is 0.333. The highest BCUT2D eigenvalue weighted by Gasteiger charge is 2.47. The van der Waals surface area contributed by atoms with E-state index >= 15 is 0 Å². The predicted octanol–water partition coefficient (Wildman–Crippen LogP) is 1.29. The number of nitrogens with two attached hydrogens (primary N) is 1. The second kappa shape index (κ2) is 13.3. The normalized spacial score (nSPS) is 23.1. The largest absolute Gasteiger partial charge is 0.490 e. The Balaban J connectivity index is 1.53. The van der Waals surface area contributed by atoms with Crippen LogP contribution in [0.5, 0.6) is 0 Å². The third-order valence-corrected chi connectivity index (χ3v) is 10.3. The third-order valence-electron chi connectivity index (χ3n) is 5.56. The van der Waals surface area contributed by atoms with Gasteiger partial charge in [0.1, 0.15) is 24.6 Å². The number of nitrogen functional groups attached to an aromatic ring is 1. The number of aliphatic hydroxyl groups is 2. The van der Waals surface area contributed by atoms with Crippen LogP contribution in [0, 0.1) is 0 Å². The van der Waals surface area contributed by atoms with Gasteiger partial charge in [0.05, 0.1) is 12.4 Å². The minimum atomic E-state index is -5.80. The number of ketones is 1. The first-order valence-electron chi connectivity index (χ1n) is 11.6. The van der Waals surface area contributed by atoms with Crippen molar-refractivity contribution >= 4 is 63.7 Å². The number of phosphoric acid groups is 3. The van der Waals surface area contributed by atoms with Gasteiger partial charge >= 0.3 is 23.5 Å². The van der Waals surface area contributed by atoms with Crippen molar-refractivity contribution in [3.05, 3.63) is 46.6 Å². The number of imidazole rings is 1. The van der Waals surface area contributed by atoms with Gasteiger partial charge in [0, 0.05) is 16.2 Å². The molecule has 3 heterocycles. The molecule has 44 heavy (non-hydrogen) atoms. The smallest absolute Gasteiger partial charge is 0.387 e. The number of carbonyl (C=O) groups is 1. The molecule has 1 aromatic carbocycles. The molecule has 0 aliphatic carbocycles. The summed E-state index contributed by atoms with van der Waals surface area (Å²) < 4.78 is 53.1. The Bertz CT molecular complexity index is 1750. The minimum Gasteiger partial charge on any atom is -0.387 e. The number of azide groups is 1. The number of hydrogen-bond acceptors (Lipinski definition) is 16. The average Bonchev–Trinajstić information content (AvgIpc) is 3.42. The van der Waals surface area contributed by atoms with E-state index in [0.29, 0.717) is 5.69 Å². The van der Waals surface area contributed by atoms with Gasteiger partial charge in [0.25, 0.3) is 0 Å². The van der Waals surface area contributed by atoms with Crippen molar-refractivity contribution in [3.63, 3.8) is 0 Å². The van der Waals surface area contributed by atoms with Crippen LogP contribution in [0.1, 0.15) is 16.6 Å². The van der Waals surface area contributed by atoms with Crippen LogP contribution in [0.2, 0.25) is 0 Å². The first kappa shape index (κ1) is 34.1. The molecule has 2 unspecified atom stereocenters. The Hall–Kier alpha value is -2.81. The Kier molecular flexibility index (Phi) is 10.3. The van der Waals surface area contributed by atoms with Crippen molar-refractivity contribution in [1.29, 1.82) is 0 Å². The molecule has 0 spiro atoms. The number of benzene rings is 1. The first-order valence-corrected chi connectivity index (χ1v) is 17.1. The standard InChI is InChI=1S/C18H21N8O14P3S/c19-15-12-16(22-7-21-15)26(18(23-12)44-6-10(27)8-1-3-9(4-2-8)24-25-20)17-14(29)13(28)11(38-17)5-37-42(33,34)40-43(35,36)39-41(30,31)32/h1-4,7,11,13-14,17,28-29H,5-6H2,(H,33,34)(H,35,36)(H2,19,21,22)(H2,30,31,32)/t11-,13-,14-,17-/m1/s1. The molecule has 4 rings (SSSR count). The summed E-state index contributed by atoms with van der Waals surface area (Å²) in [6.07, 6.45) is -5.64. The van der Waals surface area contributed by atoms with Crippen molar-refractivity contribution in [2.75, 3.05) is 18.1 Å². The van der Waals surface area contributed by atoms with Crippen molar-refractivity contribution in [1.82, 2.24) is 19.5 Å². The van der Waals surface area contributed by atoms with E-state index in [-0.39, 0.29) is 39.2 Å². The zero-order chi connectivity index (χ0) is 32.4. The van der Waals surface area contributed by atoms with Gasteiger partial charge in [-0.2, -0.15) is 8.62 Å². The summed E-state index contributed by atoms with van der Waals surface area (Å²) in [4.78, 5) is 64.0. The summed E-state index contributed by atoms with van der Waals surface area (Å²) in [5, 5.41) is 24.8. The molecule has 0 bridgehead atoms. The molecule has 238 valence electrons. The number of aliphatic hydroxyl groups excluding tert-OH is 2. The lowest BCUT2D eigenvalue weighted by atomic mass is 10.1. The van der Waals surface area contributed by atoms with E-state index in [1.165, 1.54) is 28.8 Å². The predicted molar refractivity (Wildman–Crippen MR) is 146 cm³/mol. The van der Waals surface area contributed by atoms with Crippen molar-refractivity contribution < 1.29 is 66.2 Å².